The molecule has 2 rings (SSSR count). The Morgan fingerprint density at radius 2 is 2.00 bits per heavy atom. The van der Waals surface area contributed by atoms with Gasteiger partial charge >= 0.3 is 0 Å². The Morgan fingerprint density at radius 1 is 1.19 bits per heavy atom. The highest BCUT2D eigenvalue weighted by Crippen LogP contribution is 2.18. The summed E-state index contributed by atoms with van der Waals surface area (Å²) < 4.78 is 11.2. The Morgan fingerprint density at radius 3 is 2.76 bits per heavy atom. The Kier molecular flexibility index (Phi) is 5.96. The zero-order valence-electron chi connectivity index (χ0n) is 13.0. The maximum Gasteiger partial charge on any atom is 0.138 e. The van der Waals surface area contributed by atoms with Gasteiger partial charge in [0.1, 0.15) is 11.9 Å². The lowest BCUT2D eigenvalue weighted by Gasteiger charge is -2.19. The van der Waals surface area contributed by atoms with Gasteiger partial charge in [0.2, 0.25) is 0 Å². The van der Waals surface area contributed by atoms with E-state index >= 15 is 0 Å². The Labute approximate surface area is 126 Å². The number of pyridine rings is 1. The summed E-state index contributed by atoms with van der Waals surface area (Å²) in [5.41, 5.74) is 0.978. The molecular weight excluding hydrogens is 264 g/mol. The fourth-order valence-corrected chi connectivity index (χ4v) is 2.16. The number of hydrogen-bond acceptors (Lipinski definition) is 4. The molecule has 0 aliphatic rings. The van der Waals surface area contributed by atoms with Crippen molar-refractivity contribution in [1.82, 2.24) is 10.3 Å². The molecule has 1 aromatic heterocycles. The first-order valence-electron chi connectivity index (χ1n) is 7.40. The van der Waals surface area contributed by atoms with E-state index in [1.165, 1.54) is 0 Å². The summed E-state index contributed by atoms with van der Waals surface area (Å²) in [5.74, 6) is 1.40. The van der Waals surface area contributed by atoms with Crippen LogP contribution < -0.4 is 10.1 Å². The van der Waals surface area contributed by atoms with E-state index in [1.807, 2.05) is 30.3 Å². The van der Waals surface area contributed by atoms with Crippen molar-refractivity contribution < 1.29 is 9.47 Å². The van der Waals surface area contributed by atoms with Gasteiger partial charge in [0, 0.05) is 19.0 Å². The van der Waals surface area contributed by atoms with E-state index < -0.39 is 0 Å². The molecule has 1 atom stereocenters. The van der Waals surface area contributed by atoms with E-state index in [0.717, 1.165) is 29.7 Å². The average molecular weight is 288 g/mol. The number of nitrogens with zero attached hydrogens (tertiary/aromatic N) is 1. The van der Waals surface area contributed by atoms with Gasteiger partial charge in [-0.1, -0.05) is 32.0 Å². The lowest BCUT2D eigenvalue weighted by Crippen LogP contribution is -2.36. The monoisotopic (exact) mass is 288 g/mol. The predicted octanol–water partition coefficient (Wildman–Crippen LogP) is 2.87. The third-order valence-corrected chi connectivity index (χ3v) is 3.15. The second-order valence-corrected chi connectivity index (χ2v) is 5.61. The van der Waals surface area contributed by atoms with Crippen LogP contribution in [0.1, 0.15) is 13.8 Å². The maximum absolute atomic E-state index is 5.99. The largest absolute Gasteiger partial charge is 0.485 e. The smallest absolute Gasteiger partial charge is 0.138 e. The van der Waals surface area contributed by atoms with Gasteiger partial charge in [0.05, 0.1) is 18.3 Å². The molecule has 1 N–H and O–H groups in total. The van der Waals surface area contributed by atoms with Crippen LogP contribution in [0.15, 0.2) is 36.5 Å². The molecule has 0 amide bonds. The lowest BCUT2D eigenvalue weighted by molar-refractivity contribution is 0.0801. The summed E-state index contributed by atoms with van der Waals surface area (Å²) in [6.07, 6.45) is 1.75. The van der Waals surface area contributed by atoms with Crippen LogP contribution >= 0.6 is 0 Å². The van der Waals surface area contributed by atoms with E-state index in [1.54, 1.807) is 13.3 Å². The summed E-state index contributed by atoms with van der Waals surface area (Å²) >= 11 is 0. The van der Waals surface area contributed by atoms with E-state index in [9.17, 15) is 0 Å². The van der Waals surface area contributed by atoms with Gasteiger partial charge in [-0.3, -0.25) is 4.98 Å². The molecule has 0 fully saturated rings. The molecule has 0 spiro atoms. The number of benzene rings is 1. The zero-order valence-corrected chi connectivity index (χ0v) is 13.0. The molecule has 0 aliphatic carbocycles. The molecule has 1 heterocycles. The Hall–Kier alpha value is -1.65. The highest BCUT2D eigenvalue weighted by molar-refractivity contribution is 5.79. The minimum absolute atomic E-state index is 0.0169. The van der Waals surface area contributed by atoms with Crippen LogP contribution in [0.5, 0.6) is 5.75 Å². The van der Waals surface area contributed by atoms with E-state index in [-0.39, 0.29) is 6.10 Å². The second-order valence-electron chi connectivity index (χ2n) is 5.61. The number of ether oxygens (including phenoxy) is 2. The van der Waals surface area contributed by atoms with Crippen LogP contribution in [0, 0.1) is 5.92 Å². The molecule has 0 bridgehead atoms. The molecule has 4 heteroatoms. The topological polar surface area (TPSA) is 43.4 Å². The second kappa shape index (κ2) is 7.96. The minimum atomic E-state index is -0.0169. The SMILES string of the molecule is COCC(CNCC(C)C)Oc1cnc2ccccc2c1. The highest BCUT2D eigenvalue weighted by Gasteiger charge is 2.11. The number of nitrogens with one attached hydrogen (secondary N) is 1. The summed E-state index contributed by atoms with van der Waals surface area (Å²) in [6, 6.07) is 10.0. The molecule has 0 radical (unpaired) electrons. The number of para-hydroxylation sites is 1. The van der Waals surface area contributed by atoms with Crippen molar-refractivity contribution in [3.8, 4) is 5.75 Å². The van der Waals surface area contributed by atoms with E-state index in [0.29, 0.717) is 12.5 Å². The van der Waals surface area contributed by atoms with Gasteiger partial charge < -0.3 is 14.8 Å². The third-order valence-electron chi connectivity index (χ3n) is 3.15. The van der Waals surface area contributed by atoms with Crippen molar-refractivity contribution in [3.63, 3.8) is 0 Å². The molecule has 1 unspecified atom stereocenters. The van der Waals surface area contributed by atoms with Gasteiger partial charge in [-0.2, -0.15) is 0 Å². The van der Waals surface area contributed by atoms with Crippen molar-refractivity contribution in [1.29, 1.82) is 0 Å². The molecule has 1 aromatic carbocycles. The summed E-state index contributed by atoms with van der Waals surface area (Å²) in [4.78, 5) is 4.42. The fraction of sp³-hybridized carbons (Fsp3) is 0.471. The molecule has 2 aromatic rings. The molecular formula is C17H24N2O2. The van der Waals surface area contributed by atoms with E-state index in [2.05, 4.69) is 24.1 Å². The summed E-state index contributed by atoms with van der Waals surface area (Å²) in [7, 11) is 1.69. The van der Waals surface area contributed by atoms with Crippen LogP contribution in [-0.2, 0) is 4.74 Å². The van der Waals surface area contributed by atoms with Crippen LogP contribution in [0.25, 0.3) is 10.9 Å². The molecule has 21 heavy (non-hydrogen) atoms. The lowest BCUT2D eigenvalue weighted by atomic mass is 10.2. The minimum Gasteiger partial charge on any atom is -0.485 e. The fourth-order valence-electron chi connectivity index (χ4n) is 2.16. The van der Waals surface area contributed by atoms with Crippen molar-refractivity contribution in [3.05, 3.63) is 36.5 Å². The Balaban J connectivity index is 2.00. The number of methoxy groups -OCH3 is 1. The van der Waals surface area contributed by atoms with Gasteiger partial charge in [-0.05, 0) is 24.6 Å². The van der Waals surface area contributed by atoms with Crippen LogP contribution in [0.2, 0.25) is 0 Å². The number of hydrogen-bond donors (Lipinski definition) is 1. The molecule has 0 saturated carbocycles. The van der Waals surface area contributed by atoms with E-state index in [4.69, 9.17) is 9.47 Å². The van der Waals surface area contributed by atoms with Gasteiger partial charge in [-0.15, -0.1) is 0 Å². The molecule has 0 saturated heterocycles. The van der Waals surface area contributed by atoms with Crippen LogP contribution in [0.3, 0.4) is 0 Å². The molecule has 0 aliphatic heterocycles. The first-order chi connectivity index (χ1) is 10.2. The Bertz CT molecular complexity index is 557. The van der Waals surface area contributed by atoms with Crippen LogP contribution in [0.4, 0.5) is 0 Å². The first-order valence-corrected chi connectivity index (χ1v) is 7.40. The normalized spacial score (nSPS) is 12.8. The van der Waals surface area contributed by atoms with Gasteiger partial charge in [0.25, 0.3) is 0 Å². The van der Waals surface area contributed by atoms with Gasteiger partial charge in [-0.25, -0.2) is 0 Å². The number of rotatable bonds is 8. The molecule has 4 nitrogen and oxygen atoms in total. The first kappa shape index (κ1) is 15.7. The maximum atomic E-state index is 5.99. The summed E-state index contributed by atoms with van der Waals surface area (Å²) in [6.45, 7) is 6.66. The number of aromatic nitrogens is 1. The van der Waals surface area contributed by atoms with Crippen molar-refractivity contribution in [2.24, 2.45) is 5.92 Å². The number of fused-ring (bicyclic) bond motifs is 1. The zero-order chi connectivity index (χ0) is 15.1. The van der Waals surface area contributed by atoms with Crippen molar-refractivity contribution in [2.45, 2.75) is 20.0 Å². The van der Waals surface area contributed by atoms with Gasteiger partial charge in [0.15, 0.2) is 0 Å². The van der Waals surface area contributed by atoms with Crippen molar-refractivity contribution in [2.75, 3.05) is 26.8 Å². The third kappa shape index (κ3) is 4.99. The summed E-state index contributed by atoms with van der Waals surface area (Å²) in [5, 5.41) is 4.49. The highest BCUT2D eigenvalue weighted by atomic mass is 16.5. The molecule has 114 valence electrons. The van der Waals surface area contributed by atoms with Crippen LogP contribution in [-0.4, -0.2) is 37.9 Å². The quantitative estimate of drug-likeness (QED) is 0.811. The predicted molar refractivity (Wildman–Crippen MR) is 85.7 cm³/mol. The average Bonchev–Trinajstić information content (AvgIpc) is 2.47. The van der Waals surface area contributed by atoms with Crippen molar-refractivity contribution >= 4 is 10.9 Å². The standard InChI is InChI=1S/C17H24N2O2/c1-13(2)9-18-10-16(12-20-3)21-15-8-14-6-4-5-7-17(14)19-11-15/h4-8,11,13,16,18H,9-10,12H2,1-3H3.